The second-order valence-electron chi connectivity index (χ2n) is 5.86. The summed E-state index contributed by atoms with van der Waals surface area (Å²) in [5.41, 5.74) is 0.986. The van der Waals surface area contributed by atoms with Crippen LogP contribution in [0.3, 0.4) is 0 Å². The van der Waals surface area contributed by atoms with Crippen molar-refractivity contribution in [3.63, 3.8) is 0 Å². The average Bonchev–Trinajstić information content (AvgIpc) is 2.69. The summed E-state index contributed by atoms with van der Waals surface area (Å²) in [6.07, 6.45) is 1.34. The van der Waals surface area contributed by atoms with Gasteiger partial charge in [0.25, 0.3) is 5.91 Å². The van der Waals surface area contributed by atoms with Crippen molar-refractivity contribution in [2.75, 3.05) is 33.4 Å². The molecule has 0 spiro atoms. The van der Waals surface area contributed by atoms with E-state index in [9.17, 15) is 4.79 Å². The number of rotatable bonds is 2. The van der Waals surface area contributed by atoms with Crippen LogP contribution in [0.15, 0.2) is 18.2 Å². The van der Waals surface area contributed by atoms with Gasteiger partial charge in [-0.1, -0.05) is 17.7 Å². The Labute approximate surface area is 135 Å². The van der Waals surface area contributed by atoms with E-state index in [0.29, 0.717) is 24.8 Å². The summed E-state index contributed by atoms with van der Waals surface area (Å²) in [6, 6.07) is 5.52. The lowest BCUT2D eigenvalue weighted by Gasteiger charge is -2.30. The fourth-order valence-electron chi connectivity index (χ4n) is 2.90. The van der Waals surface area contributed by atoms with Crippen molar-refractivity contribution in [2.45, 2.75) is 25.0 Å². The zero-order chi connectivity index (χ0) is 15.5. The number of nitrogens with zero attached hydrogens (tertiary/aromatic N) is 1. The number of ether oxygens (including phenoxy) is 2. The summed E-state index contributed by atoms with van der Waals surface area (Å²) in [5, 5.41) is 3.75. The van der Waals surface area contributed by atoms with Crippen molar-refractivity contribution in [1.29, 1.82) is 0 Å². The molecule has 0 aliphatic carbocycles. The van der Waals surface area contributed by atoms with Gasteiger partial charge in [-0.15, -0.1) is 0 Å². The lowest BCUT2D eigenvalue weighted by molar-refractivity contribution is -0.138. The molecule has 2 heterocycles. The van der Waals surface area contributed by atoms with Crippen LogP contribution >= 0.6 is 11.6 Å². The van der Waals surface area contributed by atoms with Crippen LogP contribution in [0.1, 0.15) is 24.4 Å². The van der Waals surface area contributed by atoms with E-state index >= 15 is 0 Å². The number of halogens is 1. The zero-order valence-electron chi connectivity index (χ0n) is 12.7. The lowest BCUT2D eigenvalue weighted by Crippen LogP contribution is -2.49. The number of hydrogen-bond acceptors (Lipinski definition) is 4. The van der Waals surface area contributed by atoms with E-state index < -0.39 is 6.10 Å². The van der Waals surface area contributed by atoms with Gasteiger partial charge in [0, 0.05) is 23.7 Å². The zero-order valence-corrected chi connectivity index (χ0v) is 13.4. The van der Waals surface area contributed by atoms with Gasteiger partial charge in [0.05, 0.1) is 19.3 Å². The molecule has 0 radical (unpaired) electrons. The number of fused-ring (bicyclic) bond motifs is 1. The first kappa shape index (κ1) is 15.6. The molecule has 1 N–H and O–H groups in total. The molecule has 0 unspecified atom stereocenters. The van der Waals surface area contributed by atoms with Gasteiger partial charge in [0.1, 0.15) is 11.9 Å². The van der Waals surface area contributed by atoms with Crippen molar-refractivity contribution >= 4 is 17.5 Å². The van der Waals surface area contributed by atoms with E-state index in [0.717, 1.165) is 30.7 Å². The molecule has 5 nitrogen and oxygen atoms in total. The molecule has 3 rings (SSSR count). The molecule has 2 atom stereocenters. The summed E-state index contributed by atoms with van der Waals surface area (Å²) in [6.45, 7) is 2.72. The highest BCUT2D eigenvalue weighted by Crippen LogP contribution is 2.33. The molecule has 0 saturated carbocycles. The van der Waals surface area contributed by atoms with Crippen molar-refractivity contribution < 1.29 is 14.3 Å². The highest BCUT2D eigenvalue weighted by atomic mass is 35.5. The van der Waals surface area contributed by atoms with Gasteiger partial charge in [-0.25, -0.2) is 0 Å². The Morgan fingerprint density at radius 3 is 3.09 bits per heavy atom. The first-order chi connectivity index (χ1) is 10.6. The maximum Gasteiger partial charge on any atom is 0.250 e. The molecule has 2 aliphatic rings. The Morgan fingerprint density at radius 1 is 1.41 bits per heavy atom. The van der Waals surface area contributed by atoms with Crippen molar-refractivity contribution in [3.8, 4) is 5.75 Å². The second kappa shape index (κ2) is 6.86. The van der Waals surface area contributed by atoms with Crippen LogP contribution in [0, 0.1) is 0 Å². The van der Waals surface area contributed by atoms with Crippen LogP contribution in [0.4, 0.5) is 0 Å². The van der Waals surface area contributed by atoms with Gasteiger partial charge < -0.3 is 19.7 Å². The standard InChI is InChI=1S/C16H21ClN2O3/c1-19-6-8-22-15(10-19)16(20)18-13-3-2-7-21-14-9-11(17)4-5-12(13)14/h4-5,9,13,15H,2-3,6-8,10H2,1H3,(H,18,20)/t13-,15-/m0/s1. The SMILES string of the molecule is CN1CCO[C@H](C(=O)N[C@H]2CCCOc3cc(Cl)ccc32)C1. The minimum Gasteiger partial charge on any atom is -0.493 e. The van der Waals surface area contributed by atoms with Crippen molar-refractivity contribution in [2.24, 2.45) is 0 Å². The molecule has 6 heteroatoms. The highest BCUT2D eigenvalue weighted by Gasteiger charge is 2.28. The maximum atomic E-state index is 12.5. The van der Waals surface area contributed by atoms with Crippen LogP contribution in [-0.2, 0) is 9.53 Å². The molecule has 1 aromatic rings. The van der Waals surface area contributed by atoms with Gasteiger partial charge in [-0.2, -0.15) is 0 Å². The molecule has 0 aromatic heterocycles. The van der Waals surface area contributed by atoms with Crippen LogP contribution in [-0.4, -0.2) is 50.3 Å². The van der Waals surface area contributed by atoms with Crippen LogP contribution in [0.25, 0.3) is 0 Å². The van der Waals surface area contributed by atoms with E-state index in [4.69, 9.17) is 21.1 Å². The van der Waals surface area contributed by atoms with Crippen LogP contribution in [0.5, 0.6) is 5.75 Å². The number of benzene rings is 1. The summed E-state index contributed by atoms with van der Waals surface area (Å²) in [7, 11) is 2.00. The topological polar surface area (TPSA) is 50.8 Å². The quantitative estimate of drug-likeness (QED) is 0.904. The van der Waals surface area contributed by atoms with Gasteiger partial charge in [-0.05, 0) is 32.0 Å². The summed E-state index contributed by atoms with van der Waals surface area (Å²) in [5.74, 6) is 0.705. The molecule has 1 amide bonds. The number of amides is 1. The Hall–Kier alpha value is -1.30. The number of likely N-dealkylation sites (N-methyl/N-ethyl adjacent to an activating group) is 1. The van der Waals surface area contributed by atoms with Gasteiger partial charge in [-0.3, -0.25) is 4.79 Å². The second-order valence-corrected chi connectivity index (χ2v) is 6.29. The molecule has 1 fully saturated rings. The average molecular weight is 325 g/mol. The highest BCUT2D eigenvalue weighted by molar-refractivity contribution is 6.30. The Morgan fingerprint density at radius 2 is 2.27 bits per heavy atom. The van der Waals surface area contributed by atoms with Gasteiger partial charge in [0.2, 0.25) is 0 Å². The summed E-state index contributed by atoms with van der Waals surface area (Å²) < 4.78 is 11.3. The van der Waals surface area contributed by atoms with Crippen LogP contribution < -0.4 is 10.1 Å². The van der Waals surface area contributed by atoms with E-state index in [-0.39, 0.29) is 11.9 Å². The normalized spacial score (nSPS) is 25.7. The number of morpholine rings is 1. The fourth-order valence-corrected chi connectivity index (χ4v) is 3.06. The smallest absolute Gasteiger partial charge is 0.250 e. The van der Waals surface area contributed by atoms with Gasteiger partial charge in [0.15, 0.2) is 0 Å². The van der Waals surface area contributed by atoms with Crippen molar-refractivity contribution in [3.05, 3.63) is 28.8 Å². The van der Waals surface area contributed by atoms with Crippen LogP contribution in [0.2, 0.25) is 5.02 Å². The Balaban J connectivity index is 1.73. The third-order valence-electron chi connectivity index (χ3n) is 4.12. The molecule has 1 saturated heterocycles. The molecule has 1 aromatic carbocycles. The fraction of sp³-hybridized carbons (Fsp3) is 0.562. The first-order valence-corrected chi connectivity index (χ1v) is 8.04. The maximum absolute atomic E-state index is 12.5. The number of hydrogen-bond donors (Lipinski definition) is 1. The van der Waals surface area contributed by atoms with E-state index in [1.807, 2.05) is 25.2 Å². The summed E-state index contributed by atoms with van der Waals surface area (Å²) >= 11 is 6.03. The largest absolute Gasteiger partial charge is 0.493 e. The van der Waals surface area contributed by atoms with E-state index in [2.05, 4.69) is 10.2 Å². The minimum atomic E-state index is -0.404. The predicted octanol–water partition coefficient (Wildman–Crippen LogP) is 2.00. The molecular formula is C16H21ClN2O3. The number of carbonyl (C=O) groups excluding carboxylic acids is 1. The van der Waals surface area contributed by atoms with E-state index in [1.165, 1.54) is 0 Å². The van der Waals surface area contributed by atoms with Crippen molar-refractivity contribution in [1.82, 2.24) is 10.2 Å². The molecular weight excluding hydrogens is 304 g/mol. The first-order valence-electron chi connectivity index (χ1n) is 7.66. The Bertz CT molecular complexity index is 552. The molecule has 2 aliphatic heterocycles. The third-order valence-corrected chi connectivity index (χ3v) is 4.36. The number of carbonyl (C=O) groups is 1. The summed E-state index contributed by atoms with van der Waals surface area (Å²) in [4.78, 5) is 14.6. The van der Waals surface area contributed by atoms with E-state index in [1.54, 1.807) is 0 Å². The molecule has 120 valence electrons. The minimum absolute atomic E-state index is 0.0562. The predicted molar refractivity (Wildman–Crippen MR) is 84.3 cm³/mol. The number of nitrogens with one attached hydrogen (secondary N) is 1. The van der Waals surface area contributed by atoms with Gasteiger partial charge >= 0.3 is 0 Å². The molecule has 0 bridgehead atoms. The third kappa shape index (κ3) is 3.54. The lowest BCUT2D eigenvalue weighted by atomic mass is 10.0. The molecule has 22 heavy (non-hydrogen) atoms. The monoisotopic (exact) mass is 324 g/mol. The Kier molecular flexibility index (Phi) is 4.86.